The number of thiazole rings is 1. The maximum Gasteiger partial charge on any atom is 0.248 e. The Morgan fingerprint density at radius 2 is 1.79 bits per heavy atom. The molecule has 2 aromatic heterocycles. The van der Waals surface area contributed by atoms with Crippen LogP contribution in [0, 0.1) is 12.7 Å². The number of rotatable bonds is 2. The zero-order valence-electron chi connectivity index (χ0n) is 13.5. The number of aryl methyl sites for hydroxylation is 2. The third-order valence-corrected chi connectivity index (χ3v) is 5.22. The van der Waals surface area contributed by atoms with Gasteiger partial charge in [0.05, 0.1) is 21.3 Å². The quantitative estimate of drug-likeness (QED) is 0.476. The lowest BCUT2D eigenvalue weighted by molar-refractivity contribution is -0.661. The normalized spacial score (nSPS) is 11.1. The van der Waals surface area contributed by atoms with Gasteiger partial charge < -0.3 is 0 Å². The lowest BCUT2D eigenvalue weighted by Gasteiger charge is -2.06. The Bertz CT molecular complexity index is 996. The molecule has 0 unspecified atom stereocenters. The zero-order valence-corrected chi connectivity index (χ0v) is 14.3. The largest absolute Gasteiger partial charge is 0.248 e. The van der Waals surface area contributed by atoms with Gasteiger partial charge in [0, 0.05) is 0 Å². The molecule has 0 radical (unpaired) electrons. The molecule has 2 nitrogen and oxygen atoms in total. The van der Waals surface area contributed by atoms with Crippen LogP contribution >= 0.6 is 11.3 Å². The van der Waals surface area contributed by atoms with Crippen LogP contribution in [0.4, 0.5) is 4.39 Å². The fraction of sp³-hybridized carbons (Fsp3) is 0.100. The van der Waals surface area contributed by atoms with Gasteiger partial charge in [0.2, 0.25) is 5.69 Å². The van der Waals surface area contributed by atoms with Crippen molar-refractivity contribution in [3.8, 4) is 21.8 Å². The topological polar surface area (TPSA) is 16.8 Å². The summed E-state index contributed by atoms with van der Waals surface area (Å²) in [5.74, 6) is -0.233. The van der Waals surface area contributed by atoms with Crippen LogP contribution in [0.1, 0.15) is 5.56 Å². The lowest BCUT2D eigenvalue weighted by atomic mass is 10.0. The summed E-state index contributed by atoms with van der Waals surface area (Å²) in [5.41, 5.74) is 4.31. The molecule has 4 aromatic rings. The highest BCUT2D eigenvalue weighted by Crippen LogP contribution is 2.31. The second-order valence-electron chi connectivity index (χ2n) is 5.84. The predicted molar refractivity (Wildman–Crippen MR) is 96.4 cm³/mol. The van der Waals surface area contributed by atoms with Crippen LogP contribution in [0.25, 0.3) is 32.0 Å². The first-order valence-corrected chi connectivity index (χ1v) is 8.56. The third kappa shape index (κ3) is 2.49. The van der Waals surface area contributed by atoms with E-state index in [1.807, 2.05) is 73.3 Å². The van der Waals surface area contributed by atoms with Gasteiger partial charge in [0.1, 0.15) is 12.1 Å². The SMILES string of the molecule is Cc1ccccc1-c1c(F)cc(-c2nc3ccccc3s2)c[n+]1C. The molecule has 4 rings (SSSR count). The summed E-state index contributed by atoms with van der Waals surface area (Å²) in [6.45, 7) is 2.00. The average molecular weight is 335 g/mol. The molecule has 2 aromatic carbocycles. The second kappa shape index (κ2) is 5.80. The smallest absolute Gasteiger partial charge is 0.236 e. The molecule has 0 fully saturated rings. The van der Waals surface area contributed by atoms with Crippen molar-refractivity contribution in [2.24, 2.45) is 7.05 Å². The van der Waals surface area contributed by atoms with E-state index in [-0.39, 0.29) is 5.82 Å². The number of halogens is 1. The van der Waals surface area contributed by atoms with E-state index in [9.17, 15) is 4.39 Å². The van der Waals surface area contributed by atoms with Gasteiger partial charge in [-0.25, -0.2) is 4.98 Å². The first kappa shape index (κ1) is 15.0. The second-order valence-corrected chi connectivity index (χ2v) is 6.87. The van der Waals surface area contributed by atoms with Gasteiger partial charge in [-0.3, -0.25) is 0 Å². The Morgan fingerprint density at radius 3 is 2.54 bits per heavy atom. The number of pyridine rings is 1. The highest BCUT2D eigenvalue weighted by Gasteiger charge is 2.21. The van der Waals surface area contributed by atoms with Gasteiger partial charge in [0.15, 0.2) is 12.0 Å². The molecule has 4 heteroatoms. The fourth-order valence-electron chi connectivity index (χ4n) is 2.95. The summed E-state index contributed by atoms with van der Waals surface area (Å²) < 4.78 is 17.8. The predicted octanol–water partition coefficient (Wildman–Crippen LogP) is 4.90. The Morgan fingerprint density at radius 1 is 1.04 bits per heavy atom. The van der Waals surface area contributed by atoms with Crippen LogP contribution in [-0.4, -0.2) is 4.98 Å². The molecule has 0 N–H and O–H groups in total. The van der Waals surface area contributed by atoms with Crippen LogP contribution in [0.3, 0.4) is 0 Å². The summed E-state index contributed by atoms with van der Waals surface area (Å²) in [6, 6.07) is 17.4. The number of benzene rings is 2. The molecule has 0 saturated carbocycles. The highest BCUT2D eigenvalue weighted by molar-refractivity contribution is 7.21. The molecule has 0 aliphatic rings. The molecule has 0 atom stereocenters. The minimum Gasteiger partial charge on any atom is -0.236 e. The Labute approximate surface area is 143 Å². The zero-order chi connectivity index (χ0) is 16.7. The molecule has 0 saturated heterocycles. The van der Waals surface area contributed by atoms with Crippen LogP contribution in [0.2, 0.25) is 0 Å². The summed E-state index contributed by atoms with van der Waals surface area (Å²) in [6.07, 6.45) is 1.95. The van der Waals surface area contributed by atoms with Gasteiger partial charge >= 0.3 is 0 Å². The molecule has 0 aliphatic carbocycles. The van der Waals surface area contributed by atoms with Crippen LogP contribution in [-0.2, 0) is 7.05 Å². The molecule has 0 amide bonds. The van der Waals surface area contributed by atoms with Crippen molar-refractivity contribution in [2.45, 2.75) is 6.92 Å². The van der Waals surface area contributed by atoms with Crippen molar-refractivity contribution >= 4 is 21.6 Å². The van der Waals surface area contributed by atoms with Gasteiger partial charge in [-0.2, -0.15) is 8.96 Å². The first-order valence-electron chi connectivity index (χ1n) is 7.74. The number of aromatic nitrogens is 2. The molecule has 24 heavy (non-hydrogen) atoms. The number of hydrogen-bond acceptors (Lipinski definition) is 2. The first-order chi connectivity index (χ1) is 11.6. The molecular weight excluding hydrogens is 319 g/mol. The van der Waals surface area contributed by atoms with Gasteiger partial charge in [-0.05, 0) is 36.8 Å². The van der Waals surface area contributed by atoms with E-state index in [2.05, 4.69) is 4.98 Å². The van der Waals surface area contributed by atoms with E-state index < -0.39 is 0 Å². The van der Waals surface area contributed by atoms with Crippen molar-refractivity contribution < 1.29 is 8.96 Å². The molecule has 0 bridgehead atoms. The Balaban J connectivity index is 1.87. The standard InChI is InChI=1S/C20H16FN2S/c1-13-7-3-4-8-15(13)19-16(21)11-14(12-23(19)2)20-22-17-9-5-6-10-18(17)24-20/h3-12H,1-2H3/q+1. The van der Waals surface area contributed by atoms with Gasteiger partial charge in [-0.15, -0.1) is 11.3 Å². The van der Waals surface area contributed by atoms with Crippen molar-refractivity contribution in [3.63, 3.8) is 0 Å². The number of nitrogens with zero attached hydrogens (tertiary/aromatic N) is 2. The molecule has 0 spiro atoms. The number of para-hydroxylation sites is 1. The number of hydrogen-bond donors (Lipinski definition) is 0. The summed E-state index contributed by atoms with van der Waals surface area (Å²) in [7, 11) is 1.88. The Kier molecular flexibility index (Phi) is 3.62. The summed E-state index contributed by atoms with van der Waals surface area (Å²) >= 11 is 1.58. The number of fused-ring (bicyclic) bond motifs is 1. The van der Waals surface area contributed by atoms with Crippen LogP contribution in [0.15, 0.2) is 60.8 Å². The fourth-order valence-corrected chi connectivity index (χ4v) is 3.90. The lowest BCUT2D eigenvalue weighted by Crippen LogP contribution is -2.32. The molecule has 2 heterocycles. The highest BCUT2D eigenvalue weighted by atomic mass is 32.1. The van der Waals surface area contributed by atoms with Crippen molar-refractivity contribution in [1.82, 2.24) is 4.98 Å². The minimum atomic E-state index is -0.233. The molecule has 118 valence electrons. The monoisotopic (exact) mass is 335 g/mol. The van der Waals surface area contributed by atoms with E-state index in [1.165, 1.54) is 0 Å². The van der Waals surface area contributed by atoms with Crippen LogP contribution in [0.5, 0.6) is 0 Å². The van der Waals surface area contributed by atoms with E-state index in [0.29, 0.717) is 5.69 Å². The third-order valence-electron chi connectivity index (χ3n) is 4.13. The Hall–Kier alpha value is -2.59. The van der Waals surface area contributed by atoms with E-state index in [0.717, 1.165) is 31.9 Å². The van der Waals surface area contributed by atoms with Crippen molar-refractivity contribution in [2.75, 3.05) is 0 Å². The van der Waals surface area contributed by atoms with E-state index in [4.69, 9.17) is 0 Å². The summed E-state index contributed by atoms with van der Waals surface area (Å²) in [5, 5.41) is 0.835. The maximum atomic E-state index is 14.9. The summed E-state index contributed by atoms with van der Waals surface area (Å²) in [4.78, 5) is 4.62. The van der Waals surface area contributed by atoms with Crippen LogP contribution < -0.4 is 4.57 Å². The molecular formula is C20H16FN2S+. The van der Waals surface area contributed by atoms with Gasteiger partial charge in [0.25, 0.3) is 0 Å². The molecule has 0 aliphatic heterocycles. The van der Waals surface area contributed by atoms with E-state index in [1.54, 1.807) is 17.4 Å². The van der Waals surface area contributed by atoms with Crippen molar-refractivity contribution in [3.05, 3.63) is 72.2 Å². The van der Waals surface area contributed by atoms with E-state index >= 15 is 0 Å². The van der Waals surface area contributed by atoms with Crippen molar-refractivity contribution in [1.29, 1.82) is 0 Å². The van der Waals surface area contributed by atoms with Gasteiger partial charge in [-0.1, -0.05) is 30.3 Å². The average Bonchev–Trinajstić information content (AvgIpc) is 3.00. The maximum absolute atomic E-state index is 14.9. The minimum absolute atomic E-state index is 0.233.